The van der Waals surface area contributed by atoms with Crippen LogP contribution in [0.25, 0.3) is 0 Å². The third-order valence-corrected chi connectivity index (χ3v) is 6.92. The Morgan fingerprint density at radius 1 is 1.17 bits per heavy atom. The summed E-state index contributed by atoms with van der Waals surface area (Å²) in [6.07, 6.45) is 6.12. The van der Waals surface area contributed by atoms with E-state index < -0.39 is 5.60 Å². The number of furan rings is 1. The number of fused-ring (bicyclic) bond motifs is 1. The van der Waals surface area contributed by atoms with Gasteiger partial charge in [-0.05, 0) is 62.9 Å². The zero-order valence-electron chi connectivity index (χ0n) is 17.5. The Hall–Kier alpha value is -2.27. The second kappa shape index (κ2) is 8.23. The van der Waals surface area contributed by atoms with E-state index >= 15 is 0 Å². The van der Waals surface area contributed by atoms with Crippen LogP contribution in [-0.4, -0.2) is 41.1 Å². The third-order valence-electron chi connectivity index (χ3n) is 6.92. The summed E-state index contributed by atoms with van der Waals surface area (Å²) in [6, 6.07) is 11.9. The van der Waals surface area contributed by atoms with Gasteiger partial charge in [0.05, 0.1) is 17.9 Å². The molecule has 4 rings (SSSR count). The molecular weight excluding hydrogens is 364 g/mol. The topological polar surface area (TPSA) is 56.9 Å². The van der Waals surface area contributed by atoms with Crippen molar-refractivity contribution in [2.75, 3.05) is 24.5 Å². The molecule has 0 spiro atoms. The molecule has 1 aromatic heterocycles. The van der Waals surface area contributed by atoms with Crippen molar-refractivity contribution >= 4 is 11.6 Å². The van der Waals surface area contributed by atoms with Gasteiger partial charge >= 0.3 is 0 Å². The molecule has 1 saturated carbocycles. The van der Waals surface area contributed by atoms with E-state index in [-0.39, 0.29) is 17.9 Å². The number of piperidine rings is 1. The molecule has 5 heteroatoms. The predicted molar refractivity (Wildman–Crippen MR) is 114 cm³/mol. The fraction of sp³-hybridized carbons (Fsp3) is 0.542. The zero-order chi connectivity index (χ0) is 20.4. The highest BCUT2D eigenvalue weighted by atomic mass is 16.3. The first-order chi connectivity index (χ1) is 14.1. The third kappa shape index (κ3) is 3.68. The second-order valence-corrected chi connectivity index (χ2v) is 8.39. The summed E-state index contributed by atoms with van der Waals surface area (Å²) in [4.78, 5) is 17.5. The molecule has 156 valence electrons. The maximum absolute atomic E-state index is 13.2. The van der Waals surface area contributed by atoms with E-state index in [0.717, 1.165) is 44.3 Å². The number of likely N-dealkylation sites (tertiary alicyclic amines) is 1. The van der Waals surface area contributed by atoms with Crippen molar-refractivity contribution in [2.24, 2.45) is 5.92 Å². The highest BCUT2D eigenvalue weighted by Gasteiger charge is 2.50. The van der Waals surface area contributed by atoms with Crippen LogP contribution < -0.4 is 4.90 Å². The van der Waals surface area contributed by atoms with E-state index in [1.165, 1.54) is 5.69 Å². The molecule has 29 heavy (non-hydrogen) atoms. The lowest BCUT2D eigenvalue weighted by molar-refractivity contribution is -0.115. The Kier molecular flexibility index (Phi) is 5.68. The fourth-order valence-electron chi connectivity index (χ4n) is 5.33. The molecule has 1 saturated heterocycles. The first kappa shape index (κ1) is 20.0. The smallest absolute Gasteiger partial charge is 0.290 e. The predicted octanol–water partition coefficient (Wildman–Crippen LogP) is 4.63. The molecule has 2 aliphatic rings. The minimum atomic E-state index is -0.680. The molecule has 3 atom stereocenters. The average molecular weight is 397 g/mol. The number of hydrogen-bond acceptors (Lipinski definition) is 4. The summed E-state index contributed by atoms with van der Waals surface area (Å²) in [7, 11) is 0. The molecular formula is C24H32N2O3. The largest absolute Gasteiger partial charge is 0.459 e. The SMILES string of the molecule is CCN(CC)c1ccc(C2C3CCCCC3(O)CCN2C(=O)c2ccco2)cc1. The maximum Gasteiger partial charge on any atom is 0.290 e. The van der Waals surface area contributed by atoms with Crippen molar-refractivity contribution in [1.82, 2.24) is 4.90 Å². The van der Waals surface area contributed by atoms with Crippen LogP contribution in [0.4, 0.5) is 5.69 Å². The van der Waals surface area contributed by atoms with Crippen molar-refractivity contribution in [3.63, 3.8) is 0 Å². The molecule has 2 fully saturated rings. The van der Waals surface area contributed by atoms with Crippen molar-refractivity contribution in [3.8, 4) is 0 Å². The summed E-state index contributed by atoms with van der Waals surface area (Å²) in [5.74, 6) is 0.347. The van der Waals surface area contributed by atoms with Crippen molar-refractivity contribution in [1.29, 1.82) is 0 Å². The summed E-state index contributed by atoms with van der Waals surface area (Å²) >= 11 is 0. The van der Waals surface area contributed by atoms with Gasteiger partial charge in [-0.3, -0.25) is 4.79 Å². The van der Waals surface area contributed by atoms with Crippen LogP contribution in [0.2, 0.25) is 0 Å². The van der Waals surface area contributed by atoms with Gasteiger partial charge in [-0.2, -0.15) is 0 Å². The van der Waals surface area contributed by atoms with Crippen LogP contribution in [0.1, 0.15) is 68.1 Å². The van der Waals surface area contributed by atoms with Crippen LogP contribution in [0.5, 0.6) is 0 Å². The minimum absolute atomic E-state index is 0.0585. The van der Waals surface area contributed by atoms with Gasteiger partial charge in [0, 0.05) is 31.2 Å². The van der Waals surface area contributed by atoms with E-state index in [2.05, 4.69) is 43.0 Å². The molecule has 1 aromatic carbocycles. The molecule has 2 heterocycles. The lowest BCUT2D eigenvalue weighted by Crippen LogP contribution is -2.56. The summed E-state index contributed by atoms with van der Waals surface area (Å²) in [5.41, 5.74) is 1.61. The van der Waals surface area contributed by atoms with Gasteiger partial charge in [-0.1, -0.05) is 25.0 Å². The van der Waals surface area contributed by atoms with E-state index in [1.807, 2.05) is 4.90 Å². The van der Waals surface area contributed by atoms with E-state index in [9.17, 15) is 9.90 Å². The number of carbonyl (C=O) groups excluding carboxylic acids is 1. The number of anilines is 1. The quantitative estimate of drug-likeness (QED) is 0.800. The molecule has 5 nitrogen and oxygen atoms in total. The van der Waals surface area contributed by atoms with Crippen LogP contribution >= 0.6 is 0 Å². The number of aliphatic hydroxyl groups is 1. The number of amides is 1. The number of hydrogen-bond donors (Lipinski definition) is 1. The number of carbonyl (C=O) groups is 1. The Balaban J connectivity index is 1.70. The van der Waals surface area contributed by atoms with Crippen molar-refractivity contribution < 1.29 is 14.3 Å². The second-order valence-electron chi connectivity index (χ2n) is 8.39. The van der Waals surface area contributed by atoms with Gasteiger partial charge < -0.3 is 19.3 Å². The molecule has 2 aromatic rings. The molecule has 1 aliphatic heterocycles. The summed E-state index contributed by atoms with van der Waals surface area (Å²) in [6.45, 7) is 6.79. The zero-order valence-corrected chi connectivity index (χ0v) is 17.5. The minimum Gasteiger partial charge on any atom is -0.459 e. The van der Waals surface area contributed by atoms with E-state index in [0.29, 0.717) is 18.7 Å². The lowest BCUT2D eigenvalue weighted by Gasteiger charge is -2.52. The average Bonchev–Trinajstić information content (AvgIpc) is 3.28. The molecule has 0 bridgehead atoms. The summed E-state index contributed by atoms with van der Waals surface area (Å²) in [5, 5.41) is 11.4. The van der Waals surface area contributed by atoms with Gasteiger partial charge in [0.1, 0.15) is 0 Å². The normalized spacial score (nSPS) is 26.8. The molecule has 3 unspecified atom stereocenters. The van der Waals surface area contributed by atoms with Crippen molar-refractivity contribution in [2.45, 2.75) is 57.6 Å². The van der Waals surface area contributed by atoms with Crippen LogP contribution in [-0.2, 0) is 0 Å². The first-order valence-electron chi connectivity index (χ1n) is 11.0. The van der Waals surface area contributed by atoms with Gasteiger partial charge in [0.2, 0.25) is 0 Å². The first-order valence-corrected chi connectivity index (χ1v) is 11.0. The van der Waals surface area contributed by atoms with Crippen LogP contribution in [0, 0.1) is 5.92 Å². The number of benzene rings is 1. The Bertz CT molecular complexity index is 813. The standard InChI is InChI=1S/C24H32N2O3/c1-3-25(4-2)19-12-10-18(11-13-19)22-20-8-5-6-14-24(20,28)15-16-26(22)23(27)21-9-7-17-29-21/h7,9-13,17,20,22,28H,3-6,8,14-16H2,1-2H3. The van der Waals surface area contributed by atoms with Gasteiger partial charge in [-0.15, -0.1) is 0 Å². The van der Waals surface area contributed by atoms with Crippen LogP contribution in [0.3, 0.4) is 0 Å². The Labute approximate surface area is 173 Å². The summed E-state index contributed by atoms with van der Waals surface area (Å²) < 4.78 is 5.41. The lowest BCUT2D eigenvalue weighted by atomic mass is 9.66. The van der Waals surface area contributed by atoms with E-state index in [4.69, 9.17) is 4.42 Å². The van der Waals surface area contributed by atoms with Gasteiger partial charge in [0.25, 0.3) is 5.91 Å². The molecule has 1 amide bonds. The highest BCUT2D eigenvalue weighted by Crippen LogP contribution is 2.49. The van der Waals surface area contributed by atoms with Gasteiger partial charge in [-0.25, -0.2) is 0 Å². The highest BCUT2D eigenvalue weighted by molar-refractivity contribution is 5.92. The van der Waals surface area contributed by atoms with Gasteiger partial charge in [0.15, 0.2) is 5.76 Å². The van der Waals surface area contributed by atoms with E-state index in [1.54, 1.807) is 18.4 Å². The maximum atomic E-state index is 13.2. The van der Waals surface area contributed by atoms with Crippen molar-refractivity contribution in [3.05, 3.63) is 54.0 Å². The molecule has 0 radical (unpaired) electrons. The number of nitrogens with zero attached hydrogens (tertiary/aromatic N) is 2. The Morgan fingerprint density at radius 3 is 2.59 bits per heavy atom. The molecule has 1 N–H and O–H groups in total. The number of rotatable bonds is 5. The monoisotopic (exact) mass is 396 g/mol. The van der Waals surface area contributed by atoms with Crippen LogP contribution in [0.15, 0.2) is 47.1 Å². The Morgan fingerprint density at radius 2 is 1.93 bits per heavy atom. The fourth-order valence-corrected chi connectivity index (χ4v) is 5.33. The molecule has 1 aliphatic carbocycles.